The lowest BCUT2D eigenvalue weighted by molar-refractivity contribution is -0.156. The van der Waals surface area contributed by atoms with Gasteiger partial charge in [0.2, 0.25) is 5.91 Å². The van der Waals surface area contributed by atoms with Crippen molar-refractivity contribution in [2.75, 3.05) is 13.2 Å². The molecule has 20 heavy (non-hydrogen) atoms. The molecule has 0 radical (unpaired) electrons. The van der Waals surface area contributed by atoms with Crippen molar-refractivity contribution in [3.05, 3.63) is 0 Å². The molecule has 0 spiro atoms. The summed E-state index contributed by atoms with van der Waals surface area (Å²) in [6, 6.07) is -0.465. The molecule has 4 nitrogen and oxygen atoms in total. The summed E-state index contributed by atoms with van der Waals surface area (Å²) < 4.78 is 5.19. The van der Waals surface area contributed by atoms with E-state index < -0.39 is 6.04 Å². The van der Waals surface area contributed by atoms with Crippen LogP contribution in [0.25, 0.3) is 0 Å². The van der Waals surface area contributed by atoms with Crippen LogP contribution in [0.15, 0.2) is 0 Å². The molecule has 1 aliphatic rings. The van der Waals surface area contributed by atoms with E-state index in [1.807, 2.05) is 34.6 Å². The Balaban J connectivity index is 2.99. The van der Waals surface area contributed by atoms with Crippen LogP contribution in [0.5, 0.6) is 0 Å². The van der Waals surface area contributed by atoms with Crippen LogP contribution in [0, 0.1) is 16.7 Å². The van der Waals surface area contributed by atoms with Gasteiger partial charge in [0, 0.05) is 18.4 Å². The molecule has 1 aliphatic heterocycles. The molecular formula is C16H29NO3. The molecule has 0 aromatic carbocycles. The Morgan fingerprint density at radius 1 is 1.30 bits per heavy atom. The van der Waals surface area contributed by atoms with E-state index in [9.17, 15) is 9.59 Å². The number of ether oxygens (including phenoxy) is 1. The number of hydrogen-bond donors (Lipinski definition) is 0. The number of rotatable bonds is 3. The van der Waals surface area contributed by atoms with Crippen molar-refractivity contribution in [1.82, 2.24) is 4.90 Å². The van der Waals surface area contributed by atoms with Gasteiger partial charge in [-0.25, -0.2) is 4.79 Å². The predicted molar refractivity (Wildman–Crippen MR) is 79.2 cm³/mol. The highest BCUT2D eigenvalue weighted by Gasteiger charge is 2.52. The molecule has 1 amide bonds. The fourth-order valence-corrected chi connectivity index (χ4v) is 2.76. The summed E-state index contributed by atoms with van der Waals surface area (Å²) >= 11 is 0. The van der Waals surface area contributed by atoms with Gasteiger partial charge in [-0.2, -0.15) is 0 Å². The third-order valence-corrected chi connectivity index (χ3v) is 4.27. The summed E-state index contributed by atoms with van der Waals surface area (Å²) in [5.41, 5.74) is -0.327. The van der Waals surface area contributed by atoms with Gasteiger partial charge in [0.15, 0.2) is 0 Å². The van der Waals surface area contributed by atoms with E-state index in [2.05, 4.69) is 6.92 Å². The average molecular weight is 283 g/mol. The molecule has 0 aliphatic carbocycles. The predicted octanol–water partition coefficient (Wildman–Crippen LogP) is 2.86. The zero-order chi connectivity index (χ0) is 15.7. The second kappa shape index (κ2) is 5.74. The number of amides is 1. The maximum Gasteiger partial charge on any atom is 0.329 e. The zero-order valence-electron chi connectivity index (χ0n) is 13.9. The molecular weight excluding hydrogens is 254 g/mol. The Morgan fingerprint density at radius 3 is 2.30 bits per heavy atom. The topological polar surface area (TPSA) is 46.6 Å². The summed E-state index contributed by atoms with van der Waals surface area (Å²) in [7, 11) is 0. The third kappa shape index (κ3) is 3.53. The van der Waals surface area contributed by atoms with E-state index in [1.54, 1.807) is 11.8 Å². The molecule has 1 fully saturated rings. The third-order valence-electron chi connectivity index (χ3n) is 4.27. The average Bonchev–Trinajstić information content (AvgIpc) is 2.48. The first-order chi connectivity index (χ1) is 9.00. The van der Waals surface area contributed by atoms with E-state index in [0.717, 1.165) is 0 Å². The molecule has 1 rings (SSSR count). The normalized spacial score (nSPS) is 25.6. The Kier molecular flexibility index (Phi) is 4.88. The Labute approximate surface area is 122 Å². The summed E-state index contributed by atoms with van der Waals surface area (Å²) in [6.45, 7) is 15.1. The highest BCUT2D eigenvalue weighted by Crippen LogP contribution is 2.42. The first kappa shape index (κ1) is 17.0. The van der Waals surface area contributed by atoms with E-state index >= 15 is 0 Å². The molecule has 0 N–H and O–H groups in total. The number of carbonyl (C=O) groups excluding carboxylic acids is 2. The Hall–Kier alpha value is -1.06. The lowest BCUT2D eigenvalue weighted by Gasteiger charge is -2.33. The minimum absolute atomic E-state index is 0.0491. The monoisotopic (exact) mass is 283 g/mol. The lowest BCUT2D eigenvalue weighted by Crippen LogP contribution is -2.48. The molecule has 4 heteroatoms. The van der Waals surface area contributed by atoms with Gasteiger partial charge in [-0.3, -0.25) is 4.79 Å². The second-order valence-electron chi connectivity index (χ2n) is 7.66. The SMILES string of the molecule is CCOC(=O)[C@H]1N(C(=O)CC(C)(C)C)CC(C)C1(C)C. The maximum absolute atomic E-state index is 12.5. The summed E-state index contributed by atoms with van der Waals surface area (Å²) in [6.07, 6.45) is 0.450. The molecule has 0 bridgehead atoms. The van der Waals surface area contributed by atoms with Crippen molar-refractivity contribution in [2.24, 2.45) is 16.7 Å². The zero-order valence-corrected chi connectivity index (χ0v) is 13.9. The largest absolute Gasteiger partial charge is 0.464 e. The highest BCUT2D eigenvalue weighted by molar-refractivity contribution is 5.86. The number of esters is 1. The number of likely N-dealkylation sites (tertiary alicyclic amines) is 1. The van der Waals surface area contributed by atoms with Crippen molar-refractivity contribution in [2.45, 2.75) is 60.9 Å². The van der Waals surface area contributed by atoms with Crippen LogP contribution in [0.1, 0.15) is 54.9 Å². The van der Waals surface area contributed by atoms with Crippen molar-refractivity contribution in [3.8, 4) is 0 Å². The Bertz CT molecular complexity index is 382. The van der Waals surface area contributed by atoms with Crippen LogP contribution in [0.4, 0.5) is 0 Å². The van der Waals surface area contributed by atoms with Crippen LogP contribution in [-0.2, 0) is 14.3 Å². The minimum atomic E-state index is -0.465. The van der Waals surface area contributed by atoms with Gasteiger partial charge >= 0.3 is 5.97 Å². The van der Waals surface area contributed by atoms with Crippen LogP contribution in [-0.4, -0.2) is 36.0 Å². The lowest BCUT2D eigenvalue weighted by atomic mass is 9.77. The quantitative estimate of drug-likeness (QED) is 0.748. The molecule has 0 aromatic rings. The van der Waals surface area contributed by atoms with Gasteiger partial charge in [-0.05, 0) is 18.3 Å². The van der Waals surface area contributed by atoms with Gasteiger partial charge < -0.3 is 9.64 Å². The standard InChI is InChI=1S/C16H29NO3/c1-8-20-14(19)13-16(6,7)11(2)10-17(13)12(18)9-15(3,4)5/h11,13H,8-10H2,1-7H3/t11?,13-/m1/s1. The van der Waals surface area contributed by atoms with Gasteiger partial charge in [0.25, 0.3) is 0 Å². The fraction of sp³-hybridized carbons (Fsp3) is 0.875. The first-order valence-corrected chi connectivity index (χ1v) is 7.46. The maximum atomic E-state index is 12.5. The summed E-state index contributed by atoms with van der Waals surface area (Å²) in [5, 5.41) is 0. The van der Waals surface area contributed by atoms with Crippen molar-refractivity contribution < 1.29 is 14.3 Å². The van der Waals surface area contributed by atoms with E-state index in [4.69, 9.17) is 4.74 Å². The van der Waals surface area contributed by atoms with E-state index in [0.29, 0.717) is 19.6 Å². The van der Waals surface area contributed by atoms with Gasteiger partial charge in [-0.1, -0.05) is 41.5 Å². The minimum Gasteiger partial charge on any atom is -0.464 e. The molecule has 116 valence electrons. The second-order valence-corrected chi connectivity index (χ2v) is 7.66. The van der Waals surface area contributed by atoms with Gasteiger partial charge in [0.05, 0.1) is 6.61 Å². The first-order valence-electron chi connectivity index (χ1n) is 7.46. The highest BCUT2D eigenvalue weighted by atomic mass is 16.5. The van der Waals surface area contributed by atoms with Crippen molar-refractivity contribution >= 4 is 11.9 Å². The molecule has 1 heterocycles. The molecule has 1 unspecified atom stereocenters. The van der Waals surface area contributed by atoms with Crippen LogP contribution in [0.2, 0.25) is 0 Å². The summed E-state index contributed by atoms with van der Waals surface area (Å²) in [4.78, 5) is 26.5. The fourth-order valence-electron chi connectivity index (χ4n) is 2.76. The number of hydrogen-bond acceptors (Lipinski definition) is 3. The van der Waals surface area contributed by atoms with Gasteiger partial charge in [-0.15, -0.1) is 0 Å². The molecule has 2 atom stereocenters. The van der Waals surface area contributed by atoms with E-state index in [1.165, 1.54) is 0 Å². The van der Waals surface area contributed by atoms with Crippen LogP contribution >= 0.6 is 0 Å². The molecule has 1 saturated heterocycles. The Morgan fingerprint density at radius 2 is 1.85 bits per heavy atom. The molecule has 0 saturated carbocycles. The van der Waals surface area contributed by atoms with Crippen molar-refractivity contribution in [1.29, 1.82) is 0 Å². The van der Waals surface area contributed by atoms with Crippen LogP contribution < -0.4 is 0 Å². The number of carbonyl (C=O) groups is 2. The smallest absolute Gasteiger partial charge is 0.329 e. The number of nitrogens with zero attached hydrogens (tertiary/aromatic N) is 1. The van der Waals surface area contributed by atoms with Crippen molar-refractivity contribution in [3.63, 3.8) is 0 Å². The van der Waals surface area contributed by atoms with Gasteiger partial charge in [0.1, 0.15) is 6.04 Å². The summed E-state index contributed by atoms with van der Waals surface area (Å²) in [5.74, 6) is 0.0536. The van der Waals surface area contributed by atoms with E-state index in [-0.39, 0.29) is 28.6 Å². The van der Waals surface area contributed by atoms with Crippen LogP contribution in [0.3, 0.4) is 0 Å². The molecule has 0 aromatic heterocycles.